The topological polar surface area (TPSA) is 105 Å². The van der Waals surface area contributed by atoms with E-state index in [-0.39, 0.29) is 12.6 Å². The Morgan fingerprint density at radius 1 is 1.16 bits per heavy atom. The molecule has 1 aliphatic rings. The van der Waals surface area contributed by atoms with Gasteiger partial charge in [-0.3, -0.25) is 4.98 Å². The van der Waals surface area contributed by atoms with E-state index in [1.165, 1.54) is 0 Å². The normalized spacial score (nSPS) is 18.6. The van der Waals surface area contributed by atoms with Crippen molar-refractivity contribution in [3.05, 3.63) is 29.2 Å². The molecule has 3 N–H and O–H groups in total. The first-order valence-corrected chi connectivity index (χ1v) is 10.9. The monoisotopic (exact) mass is 425 g/mol. The van der Waals surface area contributed by atoms with E-state index in [9.17, 15) is 5.11 Å². The van der Waals surface area contributed by atoms with Crippen molar-refractivity contribution in [3.8, 4) is 11.3 Å². The molecular weight excluding hydrogens is 394 g/mol. The van der Waals surface area contributed by atoms with E-state index < -0.39 is 0 Å². The highest BCUT2D eigenvalue weighted by molar-refractivity contribution is 5.87. The van der Waals surface area contributed by atoms with Crippen LogP contribution in [0.15, 0.2) is 16.5 Å². The summed E-state index contributed by atoms with van der Waals surface area (Å²) in [4.78, 5) is 13.9. The minimum atomic E-state index is 0.232. The van der Waals surface area contributed by atoms with Crippen molar-refractivity contribution in [1.29, 1.82) is 0 Å². The summed E-state index contributed by atoms with van der Waals surface area (Å²) in [7, 11) is 1.81. The van der Waals surface area contributed by atoms with Crippen molar-refractivity contribution in [2.75, 3.05) is 30.9 Å². The first-order valence-electron chi connectivity index (χ1n) is 10.9. The highest BCUT2D eigenvalue weighted by Gasteiger charge is 2.27. The number of furan rings is 1. The van der Waals surface area contributed by atoms with E-state index in [1.54, 1.807) is 0 Å². The SMILES string of the molecule is CCOCc1cc2cc(-c3c(C)nc(NC)nc3NC3CCC(CO)C3)oc2c(C)n1. The molecule has 31 heavy (non-hydrogen) atoms. The number of aryl methyl sites for hydroxylation is 2. The van der Waals surface area contributed by atoms with Gasteiger partial charge in [-0.15, -0.1) is 0 Å². The Morgan fingerprint density at radius 2 is 2.00 bits per heavy atom. The molecule has 1 fully saturated rings. The van der Waals surface area contributed by atoms with Gasteiger partial charge < -0.3 is 24.9 Å². The molecule has 8 heteroatoms. The molecular formula is C23H31N5O3. The Balaban J connectivity index is 1.74. The Morgan fingerprint density at radius 3 is 2.71 bits per heavy atom. The summed E-state index contributed by atoms with van der Waals surface area (Å²) in [5, 5.41) is 17.1. The van der Waals surface area contributed by atoms with Crippen molar-refractivity contribution >= 4 is 22.7 Å². The van der Waals surface area contributed by atoms with Crippen LogP contribution in [0.3, 0.4) is 0 Å². The third-order valence-electron chi connectivity index (χ3n) is 5.88. The van der Waals surface area contributed by atoms with Gasteiger partial charge in [0.25, 0.3) is 0 Å². The number of rotatable bonds is 8. The van der Waals surface area contributed by atoms with Crippen LogP contribution >= 0.6 is 0 Å². The Hall–Kier alpha value is -2.71. The summed E-state index contributed by atoms with van der Waals surface area (Å²) in [6.07, 6.45) is 2.95. The maximum atomic E-state index is 9.50. The molecule has 3 aromatic rings. The third-order valence-corrected chi connectivity index (χ3v) is 5.88. The van der Waals surface area contributed by atoms with Gasteiger partial charge in [0.05, 0.1) is 29.3 Å². The van der Waals surface area contributed by atoms with Crippen LogP contribution in [0.2, 0.25) is 0 Å². The molecule has 2 atom stereocenters. The van der Waals surface area contributed by atoms with E-state index in [0.717, 1.165) is 58.7 Å². The second kappa shape index (κ2) is 9.20. The number of aromatic nitrogens is 3. The van der Waals surface area contributed by atoms with Gasteiger partial charge in [0.2, 0.25) is 5.95 Å². The van der Waals surface area contributed by atoms with Gasteiger partial charge in [0.15, 0.2) is 5.58 Å². The second-order valence-electron chi connectivity index (χ2n) is 8.17. The predicted octanol–water partition coefficient (Wildman–Crippen LogP) is 4.05. The largest absolute Gasteiger partial charge is 0.454 e. The zero-order chi connectivity index (χ0) is 22.0. The van der Waals surface area contributed by atoms with Crippen LogP contribution in [-0.2, 0) is 11.3 Å². The summed E-state index contributed by atoms with van der Waals surface area (Å²) in [6.45, 7) is 7.25. The van der Waals surface area contributed by atoms with Crippen molar-refractivity contribution < 1.29 is 14.3 Å². The average molecular weight is 426 g/mol. The number of hydrogen-bond acceptors (Lipinski definition) is 8. The lowest BCUT2D eigenvalue weighted by Crippen LogP contribution is -2.19. The van der Waals surface area contributed by atoms with E-state index >= 15 is 0 Å². The van der Waals surface area contributed by atoms with Crippen molar-refractivity contribution in [2.45, 2.75) is 52.7 Å². The van der Waals surface area contributed by atoms with Crippen molar-refractivity contribution in [2.24, 2.45) is 5.92 Å². The molecule has 1 aliphatic carbocycles. The number of fused-ring (bicyclic) bond motifs is 1. The van der Waals surface area contributed by atoms with Crippen molar-refractivity contribution in [3.63, 3.8) is 0 Å². The fourth-order valence-electron chi connectivity index (χ4n) is 4.33. The number of anilines is 2. The lowest BCUT2D eigenvalue weighted by molar-refractivity contribution is 0.131. The minimum absolute atomic E-state index is 0.232. The van der Waals surface area contributed by atoms with Gasteiger partial charge in [0.1, 0.15) is 11.6 Å². The molecule has 0 saturated heterocycles. The average Bonchev–Trinajstić information content (AvgIpc) is 3.38. The zero-order valence-corrected chi connectivity index (χ0v) is 18.7. The molecule has 3 aromatic heterocycles. The van der Waals surface area contributed by atoms with Gasteiger partial charge in [-0.2, -0.15) is 4.98 Å². The van der Waals surface area contributed by atoms with Gasteiger partial charge in [-0.1, -0.05) is 0 Å². The maximum Gasteiger partial charge on any atom is 0.224 e. The van der Waals surface area contributed by atoms with E-state index in [1.807, 2.05) is 40.0 Å². The second-order valence-corrected chi connectivity index (χ2v) is 8.17. The van der Waals surface area contributed by atoms with Gasteiger partial charge in [0, 0.05) is 31.7 Å². The summed E-state index contributed by atoms with van der Waals surface area (Å²) < 4.78 is 11.8. The lowest BCUT2D eigenvalue weighted by Gasteiger charge is -2.18. The predicted molar refractivity (Wildman–Crippen MR) is 121 cm³/mol. The standard InChI is InChI=1S/C23H31N5O3/c1-5-30-12-18-9-16-10-19(31-21(16)14(3)25-18)20-13(2)26-23(24-4)28-22(20)27-17-7-6-15(8-17)11-29/h9-10,15,17,29H,5-8,11-12H2,1-4H3,(H2,24,26,27,28). The molecule has 0 radical (unpaired) electrons. The summed E-state index contributed by atoms with van der Waals surface area (Å²) in [6, 6.07) is 4.31. The number of aliphatic hydroxyl groups excluding tert-OH is 1. The molecule has 0 aliphatic heterocycles. The summed E-state index contributed by atoms with van der Waals surface area (Å²) >= 11 is 0. The molecule has 3 heterocycles. The Labute approximate surface area is 182 Å². The maximum absolute atomic E-state index is 9.50. The van der Waals surface area contributed by atoms with Crippen LogP contribution in [0.25, 0.3) is 22.3 Å². The fourth-order valence-corrected chi connectivity index (χ4v) is 4.33. The molecule has 0 amide bonds. The summed E-state index contributed by atoms with van der Waals surface area (Å²) in [5.74, 6) is 2.37. The van der Waals surface area contributed by atoms with Crippen LogP contribution < -0.4 is 10.6 Å². The van der Waals surface area contributed by atoms with E-state index in [4.69, 9.17) is 14.1 Å². The van der Waals surface area contributed by atoms with Gasteiger partial charge in [-0.25, -0.2) is 4.98 Å². The fraction of sp³-hybridized carbons (Fsp3) is 0.522. The zero-order valence-electron chi connectivity index (χ0n) is 18.7. The molecule has 8 nitrogen and oxygen atoms in total. The van der Waals surface area contributed by atoms with Crippen LogP contribution in [0.4, 0.5) is 11.8 Å². The summed E-state index contributed by atoms with van der Waals surface area (Å²) in [5.41, 5.74) is 4.17. The number of hydrogen-bond donors (Lipinski definition) is 3. The number of ether oxygens (including phenoxy) is 1. The van der Waals surface area contributed by atoms with Crippen LogP contribution in [0.1, 0.15) is 43.3 Å². The molecule has 0 spiro atoms. The molecule has 0 bridgehead atoms. The molecule has 4 rings (SSSR count). The highest BCUT2D eigenvalue weighted by Crippen LogP contribution is 2.37. The quantitative estimate of drug-likeness (QED) is 0.496. The third kappa shape index (κ3) is 4.50. The first-order chi connectivity index (χ1) is 15.0. The van der Waals surface area contributed by atoms with Crippen molar-refractivity contribution in [1.82, 2.24) is 15.0 Å². The van der Waals surface area contributed by atoms with E-state index in [0.29, 0.717) is 30.8 Å². The van der Waals surface area contributed by atoms with Crippen LogP contribution in [0, 0.1) is 19.8 Å². The highest BCUT2D eigenvalue weighted by atomic mass is 16.5. The molecule has 1 saturated carbocycles. The van der Waals surface area contributed by atoms with Crippen LogP contribution in [-0.4, -0.2) is 46.4 Å². The van der Waals surface area contributed by atoms with Crippen LogP contribution in [0.5, 0.6) is 0 Å². The van der Waals surface area contributed by atoms with E-state index in [2.05, 4.69) is 20.6 Å². The smallest absolute Gasteiger partial charge is 0.224 e. The number of pyridine rings is 1. The van der Waals surface area contributed by atoms with Gasteiger partial charge in [-0.05, 0) is 58.1 Å². The molecule has 166 valence electrons. The minimum Gasteiger partial charge on any atom is -0.454 e. The number of nitrogens with one attached hydrogen (secondary N) is 2. The molecule has 0 aromatic carbocycles. The van der Waals surface area contributed by atoms with Gasteiger partial charge >= 0.3 is 0 Å². The number of nitrogens with zero attached hydrogens (tertiary/aromatic N) is 3. The Kier molecular flexibility index (Phi) is 6.38. The lowest BCUT2D eigenvalue weighted by atomic mass is 10.1. The first kappa shape index (κ1) is 21.5. The Bertz CT molecular complexity index is 1070. The number of aliphatic hydroxyl groups is 1. The molecule has 2 unspecified atom stereocenters.